The lowest BCUT2D eigenvalue weighted by molar-refractivity contribution is -0.356. The SMILES string of the molecule is COC(OCC(C)C(O)C(O)C(OC)OC1C(O)C(COC2OC(CO)C(O)C(O)C2O)OC(OCC2OC(O)C(O)C(O)C2O)C1O)C(O)C(O)C(C)CO. The Morgan fingerprint density at radius 3 is 1.55 bits per heavy atom. The molecule has 0 aliphatic carbocycles. The minimum Gasteiger partial charge on any atom is -0.396 e. The van der Waals surface area contributed by atoms with Gasteiger partial charge < -0.3 is 119 Å². The van der Waals surface area contributed by atoms with E-state index in [0.29, 0.717) is 0 Å². The van der Waals surface area contributed by atoms with Crippen molar-refractivity contribution in [3.8, 4) is 0 Å². The van der Waals surface area contributed by atoms with E-state index in [4.69, 9.17) is 42.6 Å². The Balaban J connectivity index is 1.76. The molecule has 332 valence electrons. The molecule has 0 aromatic carbocycles. The van der Waals surface area contributed by atoms with Crippen molar-refractivity contribution in [1.82, 2.24) is 0 Å². The van der Waals surface area contributed by atoms with Gasteiger partial charge in [0.25, 0.3) is 0 Å². The second-order valence-electron chi connectivity index (χ2n) is 14.2. The van der Waals surface area contributed by atoms with Gasteiger partial charge in [0, 0.05) is 32.7 Å². The van der Waals surface area contributed by atoms with E-state index in [1.54, 1.807) is 0 Å². The molecule has 3 aliphatic heterocycles. The second kappa shape index (κ2) is 22.6. The molecule has 3 saturated heterocycles. The van der Waals surface area contributed by atoms with Gasteiger partial charge in [0.15, 0.2) is 31.5 Å². The molecule has 24 heteroatoms. The van der Waals surface area contributed by atoms with Crippen molar-refractivity contribution < 1.29 is 119 Å². The lowest BCUT2D eigenvalue weighted by Crippen LogP contribution is -2.64. The fourth-order valence-corrected chi connectivity index (χ4v) is 6.18. The molecule has 3 aliphatic rings. The summed E-state index contributed by atoms with van der Waals surface area (Å²) in [5.74, 6) is -1.70. The Morgan fingerprint density at radius 1 is 0.518 bits per heavy atom. The van der Waals surface area contributed by atoms with Crippen molar-refractivity contribution in [1.29, 1.82) is 0 Å². The predicted octanol–water partition coefficient (Wildman–Crippen LogP) is -8.88. The van der Waals surface area contributed by atoms with Crippen LogP contribution in [0.4, 0.5) is 0 Å². The third-order valence-electron chi connectivity index (χ3n) is 10.0. The van der Waals surface area contributed by atoms with Crippen molar-refractivity contribution in [2.75, 3.05) is 47.3 Å². The van der Waals surface area contributed by atoms with Crippen molar-refractivity contribution in [3.63, 3.8) is 0 Å². The molecule has 15 N–H and O–H groups in total. The topological polar surface area (TPSA) is 387 Å². The van der Waals surface area contributed by atoms with Gasteiger partial charge >= 0.3 is 0 Å². The summed E-state index contributed by atoms with van der Waals surface area (Å²) in [4.78, 5) is 0. The molecule has 23 unspecified atom stereocenters. The van der Waals surface area contributed by atoms with E-state index in [-0.39, 0.29) is 6.61 Å². The van der Waals surface area contributed by atoms with Crippen LogP contribution >= 0.6 is 0 Å². The normalized spacial score (nSPS) is 41.3. The lowest BCUT2D eigenvalue weighted by Gasteiger charge is -2.45. The van der Waals surface area contributed by atoms with Crippen molar-refractivity contribution in [2.45, 2.75) is 143 Å². The van der Waals surface area contributed by atoms with E-state index in [2.05, 4.69) is 0 Å². The third-order valence-corrected chi connectivity index (χ3v) is 10.0. The van der Waals surface area contributed by atoms with Gasteiger partial charge in [-0.2, -0.15) is 0 Å². The summed E-state index contributed by atoms with van der Waals surface area (Å²) in [6.45, 7) is -0.139. The van der Waals surface area contributed by atoms with Crippen LogP contribution in [0.3, 0.4) is 0 Å². The van der Waals surface area contributed by atoms with Gasteiger partial charge in [-0.25, -0.2) is 0 Å². The third kappa shape index (κ3) is 11.9. The fraction of sp³-hybridized carbons (Fsp3) is 1.00. The van der Waals surface area contributed by atoms with Gasteiger partial charge in [-0.15, -0.1) is 0 Å². The minimum atomic E-state index is -1.98. The number of ether oxygens (including phenoxy) is 9. The van der Waals surface area contributed by atoms with Crippen molar-refractivity contribution >= 4 is 0 Å². The zero-order valence-corrected chi connectivity index (χ0v) is 31.2. The summed E-state index contributed by atoms with van der Waals surface area (Å²) >= 11 is 0. The highest BCUT2D eigenvalue weighted by atomic mass is 16.8. The Bertz CT molecular complexity index is 1110. The van der Waals surface area contributed by atoms with E-state index < -0.39 is 167 Å². The van der Waals surface area contributed by atoms with Crippen LogP contribution in [-0.2, 0) is 42.6 Å². The van der Waals surface area contributed by atoms with Crippen LogP contribution < -0.4 is 0 Å². The van der Waals surface area contributed by atoms with Gasteiger partial charge in [0.05, 0.1) is 38.6 Å². The standard InChI is InChI=1S/C32H60O24/c1-10(5-33)15(35)23(43)29(48-3)50-7-11(2)16(36)24(44)30(49-4)56-27-19(39)14(9-51-31-25(45)21(41)17(37)12(6-34)54-31)55-32(26(27)46)52-8-13-18(38)20(40)22(42)28(47)53-13/h10-47H,5-9H2,1-4H3. The number of hydrogen-bond donors (Lipinski definition) is 15. The van der Waals surface area contributed by atoms with Gasteiger partial charge in [0.2, 0.25) is 0 Å². The first-order valence-corrected chi connectivity index (χ1v) is 17.9. The van der Waals surface area contributed by atoms with E-state index in [1.165, 1.54) is 21.0 Å². The highest BCUT2D eigenvalue weighted by Crippen LogP contribution is 2.30. The fourth-order valence-electron chi connectivity index (χ4n) is 6.18. The predicted molar refractivity (Wildman–Crippen MR) is 177 cm³/mol. The summed E-state index contributed by atoms with van der Waals surface area (Å²) in [7, 11) is 2.24. The largest absolute Gasteiger partial charge is 0.396 e. The molecular formula is C32H60O24. The second-order valence-corrected chi connectivity index (χ2v) is 14.2. The summed E-state index contributed by atoms with van der Waals surface area (Å²) < 4.78 is 48.8. The van der Waals surface area contributed by atoms with Gasteiger partial charge in [-0.1, -0.05) is 13.8 Å². The highest BCUT2D eigenvalue weighted by molar-refractivity contribution is 4.94. The molecular weight excluding hydrogens is 768 g/mol. The van der Waals surface area contributed by atoms with Crippen LogP contribution in [0.1, 0.15) is 13.8 Å². The van der Waals surface area contributed by atoms with E-state index in [9.17, 15) is 76.6 Å². The molecule has 0 bridgehead atoms. The van der Waals surface area contributed by atoms with E-state index in [1.807, 2.05) is 0 Å². The number of aliphatic hydroxyl groups excluding tert-OH is 15. The van der Waals surface area contributed by atoms with Crippen LogP contribution in [-0.4, -0.2) is 253 Å². The molecule has 0 aromatic heterocycles. The number of aliphatic hydroxyl groups is 15. The molecule has 3 fully saturated rings. The monoisotopic (exact) mass is 828 g/mol. The van der Waals surface area contributed by atoms with Crippen molar-refractivity contribution in [2.24, 2.45) is 11.8 Å². The van der Waals surface area contributed by atoms with Crippen LogP contribution in [0, 0.1) is 11.8 Å². The molecule has 0 saturated carbocycles. The summed E-state index contributed by atoms with van der Waals surface area (Å²) in [6, 6.07) is 0. The summed E-state index contributed by atoms with van der Waals surface area (Å²) in [6.07, 6.45) is -36.4. The lowest BCUT2D eigenvalue weighted by atomic mass is 9.97. The molecule has 24 nitrogen and oxygen atoms in total. The van der Waals surface area contributed by atoms with Gasteiger partial charge in [0.1, 0.15) is 85.5 Å². The Hall–Kier alpha value is -0.960. The molecule has 56 heavy (non-hydrogen) atoms. The van der Waals surface area contributed by atoms with E-state index in [0.717, 1.165) is 7.11 Å². The molecule has 3 rings (SSSR count). The van der Waals surface area contributed by atoms with Crippen LogP contribution in [0.5, 0.6) is 0 Å². The highest BCUT2D eigenvalue weighted by Gasteiger charge is 2.51. The zero-order chi connectivity index (χ0) is 42.2. The molecule has 0 spiro atoms. The number of hydrogen-bond acceptors (Lipinski definition) is 24. The molecule has 23 atom stereocenters. The maximum atomic E-state index is 11.3. The minimum absolute atomic E-state index is 0.379. The first-order chi connectivity index (χ1) is 26.3. The number of rotatable bonds is 21. The number of methoxy groups -OCH3 is 2. The molecule has 0 amide bonds. The van der Waals surface area contributed by atoms with Crippen LogP contribution in [0.2, 0.25) is 0 Å². The van der Waals surface area contributed by atoms with Crippen molar-refractivity contribution in [3.05, 3.63) is 0 Å². The van der Waals surface area contributed by atoms with Gasteiger partial charge in [-0.3, -0.25) is 0 Å². The van der Waals surface area contributed by atoms with E-state index >= 15 is 0 Å². The maximum Gasteiger partial charge on any atom is 0.186 e. The van der Waals surface area contributed by atoms with Crippen LogP contribution in [0.15, 0.2) is 0 Å². The summed E-state index contributed by atoms with van der Waals surface area (Å²) in [5, 5.41) is 155. The summed E-state index contributed by atoms with van der Waals surface area (Å²) in [5.41, 5.74) is 0. The van der Waals surface area contributed by atoms with Crippen LogP contribution in [0.25, 0.3) is 0 Å². The Kier molecular flexibility index (Phi) is 19.9. The molecule has 0 radical (unpaired) electrons. The first kappa shape index (κ1) is 49.4. The maximum absolute atomic E-state index is 11.3. The average molecular weight is 829 g/mol. The average Bonchev–Trinajstić information content (AvgIpc) is 3.19. The van der Waals surface area contributed by atoms with Gasteiger partial charge in [-0.05, 0) is 0 Å². The quantitative estimate of drug-likeness (QED) is 0.0478. The molecule has 3 heterocycles. The Morgan fingerprint density at radius 2 is 1.00 bits per heavy atom. The zero-order valence-electron chi connectivity index (χ0n) is 31.2. The smallest absolute Gasteiger partial charge is 0.186 e. The first-order valence-electron chi connectivity index (χ1n) is 17.9. The molecule has 0 aromatic rings. The Labute approximate surface area is 321 Å².